The topological polar surface area (TPSA) is 21.3 Å². The van der Waals surface area contributed by atoms with Crippen LogP contribution >= 0.6 is 11.3 Å². The number of benzene rings is 1. The molecule has 2 aromatic rings. The van der Waals surface area contributed by atoms with E-state index in [1.807, 2.05) is 23.9 Å². The van der Waals surface area contributed by atoms with E-state index in [9.17, 15) is 4.39 Å². The van der Waals surface area contributed by atoms with Crippen LogP contribution in [0.15, 0.2) is 35.0 Å². The van der Waals surface area contributed by atoms with E-state index in [0.29, 0.717) is 5.56 Å². The maximum atomic E-state index is 14.1. The Morgan fingerprint density at radius 3 is 2.76 bits per heavy atom. The highest BCUT2D eigenvalue weighted by Crippen LogP contribution is 2.29. The molecule has 0 amide bonds. The summed E-state index contributed by atoms with van der Waals surface area (Å²) in [7, 11) is 3.29. The van der Waals surface area contributed by atoms with Crippen molar-refractivity contribution < 1.29 is 9.13 Å². The molecule has 1 N–H and O–H groups in total. The first-order valence-corrected chi connectivity index (χ1v) is 6.24. The van der Waals surface area contributed by atoms with Gasteiger partial charge in [-0.1, -0.05) is 12.1 Å². The molecule has 0 bridgehead atoms. The third kappa shape index (κ3) is 2.33. The summed E-state index contributed by atoms with van der Waals surface area (Å²) in [5.41, 5.74) is 1.66. The van der Waals surface area contributed by atoms with Gasteiger partial charge in [0.15, 0.2) is 11.6 Å². The maximum absolute atomic E-state index is 14.1. The molecule has 1 aromatic carbocycles. The van der Waals surface area contributed by atoms with E-state index in [0.717, 1.165) is 5.56 Å². The van der Waals surface area contributed by atoms with Gasteiger partial charge in [-0.2, -0.15) is 11.3 Å². The van der Waals surface area contributed by atoms with Crippen LogP contribution in [-0.2, 0) is 0 Å². The predicted molar refractivity (Wildman–Crippen MR) is 68.2 cm³/mol. The molecule has 17 heavy (non-hydrogen) atoms. The van der Waals surface area contributed by atoms with Crippen LogP contribution in [0.25, 0.3) is 0 Å². The largest absolute Gasteiger partial charge is 0.494 e. The van der Waals surface area contributed by atoms with Crippen molar-refractivity contribution >= 4 is 11.3 Å². The zero-order valence-corrected chi connectivity index (χ0v) is 10.6. The number of thiophene rings is 1. The van der Waals surface area contributed by atoms with E-state index in [1.54, 1.807) is 29.5 Å². The fourth-order valence-corrected chi connectivity index (χ4v) is 2.54. The van der Waals surface area contributed by atoms with Gasteiger partial charge in [0.25, 0.3) is 0 Å². The summed E-state index contributed by atoms with van der Waals surface area (Å²) >= 11 is 1.60. The second kappa shape index (κ2) is 5.29. The van der Waals surface area contributed by atoms with Crippen molar-refractivity contribution in [2.75, 3.05) is 14.2 Å². The van der Waals surface area contributed by atoms with E-state index >= 15 is 0 Å². The van der Waals surface area contributed by atoms with Gasteiger partial charge in [0.2, 0.25) is 0 Å². The number of hydrogen-bond donors (Lipinski definition) is 1. The lowest BCUT2D eigenvalue weighted by Crippen LogP contribution is -2.18. The van der Waals surface area contributed by atoms with Gasteiger partial charge in [-0.15, -0.1) is 0 Å². The Kier molecular flexibility index (Phi) is 3.76. The fourth-order valence-electron chi connectivity index (χ4n) is 1.85. The molecular weight excluding hydrogens is 237 g/mol. The van der Waals surface area contributed by atoms with Gasteiger partial charge in [0.05, 0.1) is 13.2 Å². The first-order chi connectivity index (χ1) is 8.27. The van der Waals surface area contributed by atoms with Gasteiger partial charge < -0.3 is 10.1 Å². The molecule has 4 heteroatoms. The summed E-state index contributed by atoms with van der Waals surface area (Å²) in [5.74, 6) is -0.0291. The molecule has 2 nitrogen and oxygen atoms in total. The molecule has 1 heterocycles. The molecule has 0 aliphatic rings. The van der Waals surface area contributed by atoms with Crippen LogP contribution in [0.5, 0.6) is 5.75 Å². The van der Waals surface area contributed by atoms with Gasteiger partial charge in [-0.3, -0.25) is 0 Å². The van der Waals surface area contributed by atoms with E-state index in [4.69, 9.17) is 4.74 Å². The zero-order chi connectivity index (χ0) is 12.3. The fraction of sp³-hybridized carbons (Fsp3) is 0.231. The summed E-state index contributed by atoms with van der Waals surface area (Å²) in [5, 5.41) is 7.12. The molecule has 0 aliphatic heterocycles. The lowest BCUT2D eigenvalue weighted by Gasteiger charge is -2.17. The van der Waals surface area contributed by atoms with E-state index < -0.39 is 0 Å². The Bertz CT molecular complexity index is 484. The summed E-state index contributed by atoms with van der Waals surface area (Å²) in [6.45, 7) is 0. The molecule has 0 saturated heterocycles. The van der Waals surface area contributed by atoms with Crippen molar-refractivity contribution in [3.05, 3.63) is 52.0 Å². The van der Waals surface area contributed by atoms with Crippen molar-refractivity contribution in [1.29, 1.82) is 0 Å². The van der Waals surface area contributed by atoms with Crippen LogP contribution in [0.3, 0.4) is 0 Å². The van der Waals surface area contributed by atoms with Gasteiger partial charge in [-0.05, 0) is 35.5 Å². The SMILES string of the molecule is CNC(c1ccsc1)c1cccc(OC)c1F. The van der Waals surface area contributed by atoms with Crippen molar-refractivity contribution in [2.24, 2.45) is 0 Å². The number of hydrogen-bond acceptors (Lipinski definition) is 3. The van der Waals surface area contributed by atoms with E-state index in [2.05, 4.69) is 5.32 Å². The Labute approximate surface area is 104 Å². The molecule has 1 unspecified atom stereocenters. The van der Waals surface area contributed by atoms with Crippen LogP contribution < -0.4 is 10.1 Å². The van der Waals surface area contributed by atoms with Gasteiger partial charge in [-0.25, -0.2) is 4.39 Å². The standard InChI is InChI=1S/C13H14FNOS/c1-15-13(9-6-7-17-8-9)10-4-3-5-11(16-2)12(10)14/h3-8,13,15H,1-2H3. The number of halogens is 1. The van der Waals surface area contributed by atoms with Gasteiger partial charge >= 0.3 is 0 Å². The van der Waals surface area contributed by atoms with Crippen LogP contribution in [0.1, 0.15) is 17.2 Å². The normalized spacial score (nSPS) is 12.4. The molecule has 0 radical (unpaired) electrons. The quantitative estimate of drug-likeness (QED) is 0.901. The maximum Gasteiger partial charge on any atom is 0.170 e. The second-order valence-electron chi connectivity index (χ2n) is 3.64. The highest BCUT2D eigenvalue weighted by atomic mass is 32.1. The van der Waals surface area contributed by atoms with Crippen LogP contribution in [0.4, 0.5) is 4.39 Å². The van der Waals surface area contributed by atoms with Crippen molar-refractivity contribution in [1.82, 2.24) is 5.32 Å². The predicted octanol–water partition coefficient (Wildman–Crippen LogP) is 3.20. The Hall–Kier alpha value is -1.39. The van der Waals surface area contributed by atoms with Gasteiger partial charge in [0, 0.05) is 5.56 Å². The minimum atomic E-state index is -0.305. The van der Waals surface area contributed by atoms with E-state index in [1.165, 1.54) is 7.11 Å². The highest BCUT2D eigenvalue weighted by molar-refractivity contribution is 7.08. The van der Waals surface area contributed by atoms with E-state index in [-0.39, 0.29) is 17.6 Å². The molecule has 1 aromatic heterocycles. The second-order valence-corrected chi connectivity index (χ2v) is 4.42. The van der Waals surface area contributed by atoms with Crippen molar-refractivity contribution in [3.8, 4) is 5.75 Å². The minimum absolute atomic E-state index is 0.142. The Morgan fingerprint density at radius 2 is 2.18 bits per heavy atom. The Morgan fingerprint density at radius 1 is 1.35 bits per heavy atom. The molecule has 0 aliphatic carbocycles. The summed E-state index contributed by atoms with van der Waals surface area (Å²) < 4.78 is 19.1. The van der Waals surface area contributed by atoms with Crippen molar-refractivity contribution in [3.63, 3.8) is 0 Å². The Balaban J connectivity index is 2.44. The third-order valence-electron chi connectivity index (χ3n) is 2.69. The number of rotatable bonds is 4. The number of methoxy groups -OCH3 is 1. The minimum Gasteiger partial charge on any atom is -0.494 e. The molecule has 0 fully saturated rings. The van der Waals surface area contributed by atoms with Gasteiger partial charge in [0.1, 0.15) is 0 Å². The van der Waals surface area contributed by atoms with Crippen molar-refractivity contribution in [2.45, 2.75) is 6.04 Å². The highest BCUT2D eigenvalue weighted by Gasteiger charge is 2.18. The number of nitrogens with one attached hydrogen (secondary N) is 1. The smallest absolute Gasteiger partial charge is 0.170 e. The molecule has 0 saturated carbocycles. The lowest BCUT2D eigenvalue weighted by atomic mass is 10.0. The lowest BCUT2D eigenvalue weighted by molar-refractivity contribution is 0.382. The number of ether oxygens (including phenoxy) is 1. The first-order valence-electron chi connectivity index (χ1n) is 5.29. The molecular formula is C13H14FNOS. The van der Waals surface area contributed by atoms with Crippen LogP contribution in [0, 0.1) is 5.82 Å². The molecule has 2 rings (SSSR count). The summed E-state index contributed by atoms with van der Waals surface area (Å²) in [6, 6.07) is 7.05. The molecule has 0 spiro atoms. The first kappa shape index (κ1) is 12.1. The average molecular weight is 251 g/mol. The summed E-state index contributed by atoms with van der Waals surface area (Å²) in [6.07, 6.45) is 0. The molecule has 1 atom stereocenters. The molecule has 90 valence electrons. The van der Waals surface area contributed by atoms with Crippen LogP contribution in [-0.4, -0.2) is 14.2 Å². The summed E-state index contributed by atoms with van der Waals surface area (Å²) in [4.78, 5) is 0. The average Bonchev–Trinajstić information content (AvgIpc) is 2.86. The zero-order valence-electron chi connectivity index (χ0n) is 9.74. The third-order valence-corrected chi connectivity index (χ3v) is 3.39. The van der Waals surface area contributed by atoms with Crippen LogP contribution in [0.2, 0.25) is 0 Å². The monoisotopic (exact) mass is 251 g/mol.